The van der Waals surface area contributed by atoms with Crippen LogP contribution in [0.2, 0.25) is 0 Å². The average molecular weight is 434 g/mol. The topological polar surface area (TPSA) is 66.8 Å². The smallest absolute Gasteiger partial charge is 0.235 e. The van der Waals surface area contributed by atoms with E-state index in [9.17, 15) is 4.79 Å². The van der Waals surface area contributed by atoms with Crippen molar-refractivity contribution in [1.82, 2.24) is 24.6 Å². The first-order chi connectivity index (χ1) is 15.0. The van der Waals surface area contributed by atoms with Gasteiger partial charge in [0, 0.05) is 35.8 Å². The van der Waals surface area contributed by atoms with Gasteiger partial charge in [0.1, 0.15) is 0 Å². The molecule has 0 saturated heterocycles. The zero-order valence-electron chi connectivity index (χ0n) is 18.3. The molecule has 4 aromatic rings. The van der Waals surface area contributed by atoms with Crippen LogP contribution in [0.4, 0.5) is 0 Å². The maximum atomic E-state index is 12.9. The van der Waals surface area contributed by atoms with Gasteiger partial charge in [0.15, 0.2) is 11.0 Å². The molecule has 1 amide bonds. The van der Waals surface area contributed by atoms with E-state index in [1.54, 1.807) is 0 Å². The summed E-state index contributed by atoms with van der Waals surface area (Å²) in [5.74, 6) is 0.875. The number of hydrogen-bond acceptors (Lipinski definition) is 4. The predicted molar refractivity (Wildman–Crippen MR) is 127 cm³/mol. The highest BCUT2D eigenvalue weighted by molar-refractivity contribution is 8.00. The van der Waals surface area contributed by atoms with Crippen LogP contribution in [0.25, 0.3) is 28.0 Å². The zero-order chi connectivity index (χ0) is 22.0. The number of benzene rings is 2. The fraction of sp³-hybridized carbons (Fsp3) is 0.292. The third-order valence-corrected chi connectivity index (χ3v) is 6.56. The Morgan fingerprint density at radius 1 is 1.10 bits per heavy atom. The van der Waals surface area contributed by atoms with E-state index >= 15 is 0 Å². The Bertz CT molecular complexity index is 1210. The number of aryl methyl sites for hydroxylation is 1. The Hall–Kier alpha value is -3.06. The van der Waals surface area contributed by atoms with Crippen LogP contribution in [0.15, 0.2) is 59.9 Å². The molecule has 7 heteroatoms. The van der Waals surface area contributed by atoms with Gasteiger partial charge in [-0.05, 0) is 45.4 Å². The summed E-state index contributed by atoms with van der Waals surface area (Å²) in [5, 5.41) is 10.6. The maximum Gasteiger partial charge on any atom is 0.235 e. The van der Waals surface area contributed by atoms with Gasteiger partial charge in [0.25, 0.3) is 0 Å². The van der Waals surface area contributed by atoms with Crippen molar-refractivity contribution in [3.63, 3.8) is 0 Å². The molecule has 0 aliphatic rings. The minimum atomic E-state index is -0.261. The van der Waals surface area contributed by atoms with Gasteiger partial charge in [-0.25, -0.2) is 0 Å². The normalized spacial score (nSPS) is 12.3. The summed E-state index contributed by atoms with van der Waals surface area (Å²) < 4.78 is 2.07. The summed E-state index contributed by atoms with van der Waals surface area (Å²) in [5.41, 5.74) is 4.17. The minimum Gasteiger partial charge on any atom is -0.360 e. The summed E-state index contributed by atoms with van der Waals surface area (Å²) in [6, 6.07) is 16.3. The van der Waals surface area contributed by atoms with Crippen molar-refractivity contribution in [3.8, 4) is 17.1 Å². The van der Waals surface area contributed by atoms with Crippen LogP contribution in [0.3, 0.4) is 0 Å². The molecule has 1 N–H and O–H groups in total. The SMILES string of the molecule is CCN(CC)C(=O)C(C)Sc1nnc(-c2c[nH]c3ccccc23)n1-c1ccccc1C. The first-order valence-electron chi connectivity index (χ1n) is 10.6. The van der Waals surface area contributed by atoms with Gasteiger partial charge in [0.05, 0.1) is 10.9 Å². The number of para-hydroxylation sites is 2. The van der Waals surface area contributed by atoms with Crippen molar-refractivity contribution in [2.45, 2.75) is 38.1 Å². The first-order valence-corrected chi connectivity index (χ1v) is 11.5. The lowest BCUT2D eigenvalue weighted by atomic mass is 10.1. The second-order valence-corrected chi connectivity index (χ2v) is 8.75. The molecule has 2 aromatic heterocycles. The number of aromatic amines is 1. The van der Waals surface area contributed by atoms with Crippen molar-refractivity contribution >= 4 is 28.6 Å². The van der Waals surface area contributed by atoms with E-state index in [0.717, 1.165) is 33.5 Å². The molecule has 160 valence electrons. The lowest BCUT2D eigenvalue weighted by Crippen LogP contribution is -2.36. The Morgan fingerprint density at radius 2 is 1.81 bits per heavy atom. The average Bonchev–Trinajstić information content (AvgIpc) is 3.38. The van der Waals surface area contributed by atoms with Crippen LogP contribution in [0.5, 0.6) is 0 Å². The number of nitrogens with one attached hydrogen (secondary N) is 1. The van der Waals surface area contributed by atoms with Gasteiger partial charge in [-0.2, -0.15) is 0 Å². The Morgan fingerprint density at radius 3 is 2.55 bits per heavy atom. The second-order valence-electron chi connectivity index (χ2n) is 7.45. The quantitative estimate of drug-likeness (QED) is 0.413. The number of rotatable bonds is 7. The van der Waals surface area contributed by atoms with E-state index < -0.39 is 0 Å². The summed E-state index contributed by atoms with van der Waals surface area (Å²) in [4.78, 5) is 18.1. The van der Waals surface area contributed by atoms with Crippen LogP contribution in [0.1, 0.15) is 26.3 Å². The highest BCUT2D eigenvalue weighted by atomic mass is 32.2. The number of thioether (sulfide) groups is 1. The van der Waals surface area contributed by atoms with Gasteiger partial charge < -0.3 is 9.88 Å². The third-order valence-electron chi connectivity index (χ3n) is 5.52. The highest BCUT2D eigenvalue weighted by Gasteiger charge is 2.25. The van der Waals surface area contributed by atoms with Crippen LogP contribution < -0.4 is 0 Å². The molecule has 0 aliphatic carbocycles. The fourth-order valence-electron chi connectivity index (χ4n) is 3.81. The summed E-state index contributed by atoms with van der Waals surface area (Å²) in [6.45, 7) is 9.42. The maximum absolute atomic E-state index is 12.9. The first kappa shape index (κ1) is 21.2. The number of nitrogens with zero attached hydrogens (tertiary/aromatic N) is 4. The number of H-pyrrole nitrogens is 1. The lowest BCUT2D eigenvalue weighted by Gasteiger charge is -2.22. The lowest BCUT2D eigenvalue weighted by molar-refractivity contribution is -0.129. The van der Waals surface area contributed by atoms with E-state index in [1.165, 1.54) is 11.8 Å². The Labute approximate surface area is 186 Å². The molecule has 0 aliphatic heterocycles. The zero-order valence-corrected chi connectivity index (χ0v) is 19.1. The molecule has 31 heavy (non-hydrogen) atoms. The molecule has 0 spiro atoms. The van der Waals surface area contributed by atoms with Crippen molar-refractivity contribution in [3.05, 3.63) is 60.3 Å². The molecular formula is C24H27N5OS. The summed E-state index contributed by atoms with van der Waals surface area (Å²) >= 11 is 1.45. The van der Waals surface area contributed by atoms with Gasteiger partial charge in [-0.1, -0.05) is 48.2 Å². The van der Waals surface area contributed by atoms with Crippen LogP contribution in [-0.4, -0.2) is 48.9 Å². The number of fused-ring (bicyclic) bond motifs is 1. The molecule has 2 aromatic carbocycles. The molecule has 0 saturated carbocycles. The number of carbonyl (C=O) groups is 1. The number of aromatic nitrogens is 4. The number of carbonyl (C=O) groups excluding carboxylic acids is 1. The van der Waals surface area contributed by atoms with Gasteiger partial charge in [-0.3, -0.25) is 9.36 Å². The van der Waals surface area contributed by atoms with E-state index in [0.29, 0.717) is 18.2 Å². The van der Waals surface area contributed by atoms with Crippen LogP contribution >= 0.6 is 11.8 Å². The molecule has 6 nitrogen and oxygen atoms in total. The van der Waals surface area contributed by atoms with Crippen molar-refractivity contribution in [1.29, 1.82) is 0 Å². The largest absolute Gasteiger partial charge is 0.360 e. The number of amides is 1. The third kappa shape index (κ3) is 3.97. The van der Waals surface area contributed by atoms with E-state index in [2.05, 4.69) is 44.9 Å². The highest BCUT2D eigenvalue weighted by Crippen LogP contribution is 2.34. The minimum absolute atomic E-state index is 0.114. The van der Waals surface area contributed by atoms with Crippen molar-refractivity contribution < 1.29 is 4.79 Å². The predicted octanol–water partition coefficient (Wildman–Crippen LogP) is 5.07. The van der Waals surface area contributed by atoms with E-state index in [-0.39, 0.29) is 11.2 Å². The molecule has 2 heterocycles. The molecule has 0 bridgehead atoms. The van der Waals surface area contributed by atoms with Crippen molar-refractivity contribution in [2.75, 3.05) is 13.1 Å². The molecule has 1 unspecified atom stereocenters. The summed E-state index contributed by atoms with van der Waals surface area (Å²) in [7, 11) is 0. The van der Waals surface area contributed by atoms with Crippen LogP contribution in [-0.2, 0) is 4.79 Å². The van der Waals surface area contributed by atoms with Gasteiger partial charge in [-0.15, -0.1) is 10.2 Å². The number of hydrogen-bond donors (Lipinski definition) is 1. The Kier molecular flexibility index (Phi) is 6.13. The molecule has 0 radical (unpaired) electrons. The molecular weight excluding hydrogens is 406 g/mol. The standard InChI is InChI=1S/C24H27N5OS/c1-5-28(6-2)23(30)17(4)31-24-27-26-22(29(24)21-14-10-7-11-16(21)3)19-15-25-20-13-9-8-12-18(19)20/h7-15,17,25H,5-6H2,1-4H3. The summed E-state index contributed by atoms with van der Waals surface area (Å²) in [6.07, 6.45) is 1.97. The van der Waals surface area contributed by atoms with Gasteiger partial charge in [0.2, 0.25) is 5.91 Å². The monoisotopic (exact) mass is 433 g/mol. The second kappa shape index (κ2) is 8.98. The molecule has 1 atom stereocenters. The Balaban J connectivity index is 1.82. The van der Waals surface area contributed by atoms with Crippen molar-refractivity contribution in [2.24, 2.45) is 0 Å². The molecule has 4 rings (SSSR count). The van der Waals surface area contributed by atoms with Gasteiger partial charge >= 0.3 is 0 Å². The fourth-order valence-corrected chi connectivity index (χ4v) is 4.75. The van der Waals surface area contributed by atoms with E-state index in [1.807, 2.05) is 62.2 Å². The molecule has 0 fully saturated rings. The van der Waals surface area contributed by atoms with E-state index in [4.69, 9.17) is 0 Å². The van der Waals surface area contributed by atoms with Crippen LogP contribution in [0, 0.1) is 6.92 Å².